The molecule has 1 aromatic carbocycles. The van der Waals surface area contributed by atoms with Crippen molar-refractivity contribution in [3.63, 3.8) is 0 Å². The molecule has 18 heavy (non-hydrogen) atoms. The minimum absolute atomic E-state index is 0.125. The van der Waals surface area contributed by atoms with Crippen LogP contribution in [0.5, 0.6) is 0 Å². The lowest BCUT2D eigenvalue weighted by atomic mass is 10.1. The van der Waals surface area contributed by atoms with Crippen molar-refractivity contribution in [1.82, 2.24) is 10.3 Å². The smallest absolute Gasteiger partial charge is 0.195 e. The minimum atomic E-state index is -1.42. The van der Waals surface area contributed by atoms with Gasteiger partial charge in [0, 0.05) is 29.7 Å². The van der Waals surface area contributed by atoms with Gasteiger partial charge in [-0.2, -0.15) is 0 Å². The summed E-state index contributed by atoms with van der Waals surface area (Å²) >= 11 is 0. The molecule has 0 aliphatic rings. The number of aromatic amines is 1. The van der Waals surface area contributed by atoms with Gasteiger partial charge in [-0.3, -0.25) is 0 Å². The Balaban J connectivity index is 2.59. The molecule has 0 saturated carbocycles. The van der Waals surface area contributed by atoms with Crippen LogP contribution in [0, 0.1) is 24.4 Å². The molecule has 0 spiro atoms. The average Bonchev–Trinajstić information content (AvgIpc) is 2.59. The molecule has 2 nitrogen and oxygen atoms in total. The molecule has 1 aromatic heterocycles. The first-order valence-corrected chi connectivity index (χ1v) is 5.79. The van der Waals surface area contributed by atoms with Crippen molar-refractivity contribution in [3.05, 3.63) is 34.8 Å². The third kappa shape index (κ3) is 2.10. The summed E-state index contributed by atoms with van der Waals surface area (Å²) in [6.07, 6.45) is 0. The van der Waals surface area contributed by atoms with Crippen LogP contribution in [0.4, 0.5) is 13.2 Å². The van der Waals surface area contributed by atoms with E-state index in [0.717, 1.165) is 6.07 Å². The molecule has 0 unspecified atom stereocenters. The molecule has 0 atom stereocenters. The summed E-state index contributed by atoms with van der Waals surface area (Å²) in [6.45, 7) is 6.08. The van der Waals surface area contributed by atoms with E-state index in [2.05, 4.69) is 10.3 Å². The Morgan fingerprint density at radius 1 is 1.22 bits per heavy atom. The lowest BCUT2D eigenvalue weighted by molar-refractivity contribution is 0.453. The van der Waals surface area contributed by atoms with Crippen LogP contribution < -0.4 is 5.32 Å². The van der Waals surface area contributed by atoms with Crippen molar-refractivity contribution in [3.8, 4) is 0 Å². The predicted molar refractivity (Wildman–Crippen MR) is 64.9 cm³/mol. The van der Waals surface area contributed by atoms with E-state index in [9.17, 15) is 13.2 Å². The lowest BCUT2D eigenvalue weighted by Gasteiger charge is -2.08. The standard InChI is InChI=1S/C13H15F3N2/c1-6(2)17-5-8-7(3)18-10-4-9(14)12(15)13(16)11(8)10/h4,6,17-18H,5H2,1-3H3. The summed E-state index contributed by atoms with van der Waals surface area (Å²) in [5.74, 6) is -3.73. The van der Waals surface area contributed by atoms with Crippen molar-refractivity contribution in [1.29, 1.82) is 0 Å². The summed E-state index contributed by atoms with van der Waals surface area (Å²) in [5, 5.41) is 3.26. The van der Waals surface area contributed by atoms with E-state index in [-0.39, 0.29) is 16.9 Å². The number of aromatic nitrogens is 1. The van der Waals surface area contributed by atoms with Crippen molar-refractivity contribution in [2.45, 2.75) is 33.4 Å². The monoisotopic (exact) mass is 256 g/mol. The Hall–Kier alpha value is -1.49. The number of aryl methyl sites for hydroxylation is 1. The lowest BCUT2D eigenvalue weighted by Crippen LogP contribution is -2.22. The van der Waals surface area contributed by atoms with E-state index in [4.69, 9.17) is 0 Å². The molecule has 0 saturated heterocycles. The van der Waals surface area contributed by atoms with Gasteiger partial charge in [0.05, 0.1) is 5.52 Å². The van der Waals surface area contributed by atoms with Crippen molar-refractivity contribution >= 4 is 10.9 Å². The highest BCUT2D eigenvalue weighted by Gasteiger charge is 2.19. The maximum absolute atomic E-state index is 13.8. The number of nitrogens with one attached hydrogen (secondary N) is 2. The zero-order valence-corrected chi connectivity index (χ0v) is 10.5. The zero-order chi connectivity index (χ0) is 13.4. The second-order valence-electron chi connectivity index (χ2n) is 4.67. The van der Waals surface area contributed by atoms with Gasteiger partial charge in [0.25, 0.3) is 0 Å². The first-order chi connectivity index (χ1) is 8.41. The molecule has 0 fully saturated rings. The summed E-state index contributed by atoms with van der Waals surface area (Å²) in [4.78, 5) is 2.87. The number of rotatable bonds is 3. The molecule has 5 heteroatoms. The van der Waals surface area contributed by atoms with Crippen molar-refractivity contribution < 1.29 is 13.2 Å². The van der Waals surface area contributed by atoms with E-state index in [1.165, 1.54) is 0 Å². The molecular weight excluding hydrogens is 241 g/mol. The molecule has 0 aliphatic heterocycles. The molecule has 2 rings (SSSR count). The third-order valence-corrected chi connectivity index (χ3v) is 2.93. The molecule has 0 bridgehead atoms. The number of fused-ring (bicyclic) bond motifs is 1. The molecule has 0 aliphatic carbocycles. The topological polar surface area (TPSA) is 27.8 Å². The fourth-order valence-electron chi connectivity index (χ4n) is 1.98. The van der Waals surface area contributed by atoms with Crippen LogP contribution in [0.3, 0.4) is 0 Å². The third-order valence-electron chi connectivity index (χ3n) is 2.93. The SMILES string of the molecule is Cc1[nH]c2cc(F)c(F)c(F)c2c1CNC(C)C. The van der Waals surface area contributed by atoms with E-state index >= 15 is 0 Å². The fourth-order valence-corrected chi connectivity index (χ4v) is 1.98. The van der Waals surface area contributed by atoms with E-state index in [1.54, 1.807) is 6.92 Å². The predicted octanol–water partition coefficient (Wildman–Crippen LogP) is 3.39. The first-order valence-electron chi connectivity index (χ1n) is 5.79. The Kier molecular flexibility index (Phi) is 3.34. The first kappa shape index (κ1) is 13.0. The van der Waals surface area contributed by atoms with E-state index in [0.29, 0.717) is 17.8 Å². The second-order valence-corrected chi connectivity index (χ2v) is 4.67. The number of hydrogen-bond donors (Lipinski definition) is 2. The average molecular weight is 256 g/mol. The number of benzene rings is 1. The molecule has 0 radical (unpaired) electrons. The number of H-pyrrole nitrogens is 1. The largest absolute Gasteiger partial charge is 0.358 e. The fraction of sp³-hybridized carbons (Fsp3) is 0.385. The highest BCUT2D eigenvalue weighted by molar-refractivity contribution is 5.85. The molecular formula is C13H15F3N2. The maximum atomic E-state index is 13.8. The number of halogens is 3. The van der Waals surface area contributed by atoms with Crippen LogP contribution >= 0.6 is 0 Å². The van der Waals surface area contributed by atoms with Gasteiger partial charge in [0.2, 0.25) is 0 Å². The van der Waals surface area contributed by atoms with Gasteiger partial charge < -0.3 is 10.3 Å². The molecule has 2 N–H and O–H groups in total. The Morgan fingerprint density at radius 3 is 2.50 bits per heavy atom. The number of hydrogen-bond acceptors (Lipinski definition) is 1. The molecule has 0 amide bonds. The van der Waals surface area contributed by atoms with Gasteiger partial charge in [-0.15, -0.1) is 0 Å². The summed E-state index contributed by atoms with van der Waals surface area (Å²) in [7, 11) is 0. The van der Waals surface area contributed by atoms with Gasteiger partial charge >= 0.3 is 0 Å². The van der Waals surface area contributed by atoms with Crippen LogP contribution in [-0.4, -0.2) is 11.0 Å². The maximum Gasteiger partial charge on any atom is 0.195 e. The van der Waals surface area contributed by atoms with Crippen molar-refractivity contribution in [2.24, 2.45) is 0 Å². The Bertz CT molecular complexity index is 588. The van der Waals surface area contributed by atoms with Crippen LogP contribution in [0.1, 0.15) is 25.1 Å². The highest BCUT2D eigenvalue weighted by atomic mass is 19.2. The van der Waals surface area contributed by atoms with Crippen LogP contribution in [0.2, 0.25) is 0 Å². The van der Waals surface area contributed by atoms with Gasteiger partial charge in [-0.25, -0.2) is 13.2 Å². The van der Waals surface area contributed by atoms with Gasteiger partial charge in [0.15, 0.2) is 17.5 Å². The zero-order valence-electron chi connectivity index (χ0n) is 10.5. The Morgan fingerprint density at radius 2 is 1.89 bits per heavy atom. The highest BCUT2D eigenvalue weighted by Crippen LogP contribution is 2.28. The van der Waals surface area contributed by atoms with E-state index in [1.807, 2.05) is 13.8 Å². The Labute approximate surface area is 103 Å². The van der Waals surface area contributed by atoms with Gasteiger partial charge in [-0.1, -0.05) is 13.8 Å². The summed E-state index contributed by atoms with van der Waals surface area (Å²) in [5.41, 5.74) is 1.63. The summed E-state index contributed by atoms with van der Waals surface area (Å²) in [6, 6.07) is 1.21. The van der Waals surface area contributed by atoms with Crippen LogP contribution in [-0.2, 0) is 6.54 Å². The molecule has 2 aromatic rings. The van der Waals surface area contributed by atoms with Gasteiger partial charge in [-0.05, 0) is 12.5 Å². The van der Waals surface area contributed by atoms with Crippen LogP contribution in [0.15, 0.2) is 6.07 Å². The van der Waals surface area contributed by atoms with Gasteiger partial charge in [0.1, 0.15) is 0 Å². The normalized spacial score (nSPS) is 11.7. The second kappa shape index (κ2) is 4.65. The molecule has 1 heterocycles. The van der Waals surface area contributed by atoms with E-state index < -0.39 is 17.5 Å². The quantitative estimate of drug-likeness (QED) is 0.809. The van der Waals surface area contributed by atoms with Crippen LogP contribution in [0.25, 0.3) is 10.9 Å². The minimum Gasteiger partial charge on any atom is -0.358 e. The van der Waals surface area contributed by atoms with Crippen molar-refractivity contribution in [2.75, 3.05) is 0 Å². The summed E-state index contributed by atoms with van der Waals surface area (Å²) < 4.78 is 40.2. The molecule has 98 valence electrons.